The number of hydrogen-bond acceptors (Lipinski definition) is 5. The van der Waals surface area contributed by atoms with Gasteiger partial charge in [0.15, 0.2) is 6.10 Å². The number of piperidine rings is 1. The molecule has 27 heavy (non-hydrogen) atoms. The van der Waals surface area contributed by atoms with Crippen molar-refractivity contribution in [3.63, 3.8) is 0 Å². The van der Waals surface area contributed by atoms with Gasteiger partial charge in [0.1, 0.15) is 11.4 Å². The van der Waals surface area contributed by atoms with Crippen molar-refractivity contribution < 1.29 is 23.7 Å². The van der Waals surface area contributed by atoms with Crippen molar-refractivity contribution in [2.24, 2.45) is 0 Å². The Morgan fingerprint density at radius 1 is 1.37 bits per heavy atom. The van der Waals surface area contributed by atoms with Crippen LogP contribution >= 0.6 is 0 Å². The fourth-order valence-electron chi connectivity index (χ4n) is 3.29. The summed E-state index contributed by atoms with van der Waals surface area (Å²) < 4.78 is 19.3. The number of halogens is 1. The van der Waals surface area contributed by atoms with Gasteiger partial charge in [-0.05, 0) is 58.2 Å². The van der Waals surface area contributed by atoms with E-state index in [0.717, 1.165) is 0 Å². The minimum atomic E-state index is -0.917. The molecule has 0 saturated carbocycles. The highest BCUT2D eigenvalue weighted by Crippen LogP contribution is 2.40. The summed E-state index contributed by atoms with van der Waals surface area (Å²) in [6.07, 6.45) is -0.447. The first-order valence-electron chi connectivity index (χ1n) is 9.13. The monoisotopic (exact) mass is 378 g/mol. The Hall–Kier alpha value is -2.17. The summed E-state index contributed by atoms with van der Waals surface area (Å²) in [4.78, 5) is 24.3. The van der Waals surface area contributed by atoms with Crippen LogP contribution in [0.5, 0.6) is 0 Å². The van der Waals surface area contributed by atoms with Gasteiger partial charge in [-0.2, -0.15) is 5.26 Å². The molecule has 1 amide bonds. The Bertz CT molecular complexity index is 688. The first-order valence-corrected chi connectivity index (χ1v) is 9.13. The molecule has 2 rings (SSSR count). The van der Waals surface area contributed by atoms with Crippen molar-refractivity contribution in [3.05, 3.63) is 35.6 Å². The molecule has 0 N–H and O–H groups in total. The molecule has 1 unspecified atom stereocenters. The molecular weight excluding hydrogens is 351 g/mol. The van der Waals surface area contributed by atoms with E-state index in [-0.39, 0.29) is 5.82 Å². The van der Waals surface area contributed by atoms with Crippen molar-refractivity contribution in [2.45, 2.75) is 57.7 Å². The molecule has 0 aromatic heterocycles. The van der Waals surface area contributed by atoms with Crippen LogP contribution in [0, 0.1) is 17.1 Å². The maximum Gasteiger partial charge on any atom is 0.410 e. The molecule has 0 radical (unpaired) electrons. The number of carbonyl (C=O) groups is 1. The lowest BCUT2D eigenvalue weighted by Gasteiger charge is -2.43. The van der Waals surface area contributed by atoms with Crippen LogP contribution in [0.15, 0.2) is 24.3 Å². The van der Waals surface area contributed by atoms with E-state index < -0.39 is 23.2 Å². The number of likely N-dealkylation sites (tertiary alicyclic amines) is 1. The van der Waals surface area contributed by atoms with E-state index >= 15 is 0 Å². The number of rotatable bonds is 5. The van der Waals surface area contributed by atoms with E-state index in [1.54, 1.807) is 24.0 Å². The number of carbonyl (C=O) groups excluding carboxylic acids is 1. The van der Waals surface area contributed by atoms with Crippen LogP contribution in [0.3, 0.4) is 0 Å². The van der Waals surface area contributed by atoms with Gasteiger partial charge in [-0.25, -0.2) is 19.0 Å². The fraction of sp³-hybridized carbons (Fsp3) is 0.600. The summed E-state index contributed by atoms with van der Waals surface area (Å²) in [6.45, 7) is 8.24. The average Bonchev–Trinajstić information content (AvgIpc) is 2.61. The Balaban J connectivity index is 2.26. The third-order valence-corrected chi connectivity index (χ3v) is 4.61. The van der Waals surface area contributed by atoms with Gasteiger partial charge in [-0.15, -0.1) is 0 Å². The second kappa shape index (κ2) is 8.68. The molecule has 148 valence electrons. The number of ether oxygens (including phenoxy) is 1. The zero-order chi connectivity index (χ0) is 20.1. The van der Waals surface area contributed by atoms with Crippen LogP contribution in [0.2, 0.25) is 0 Å². The number of benzene rings is 1. The smallest absolute Gasteiger partial charge is 0.410 e. The lowest BCUT2D eigenvalue weighted by molar-refractivity contribution is -0.322. The Morgan fingerprint density at radius 3 is 2.56 bits per heavy atom. The highest BCUT2D eigenvalue weighted by molar-refractivity contribution is 5.68. The van der Waals surface area contributed by atoms with E-state index in [4.69, 9.17) is 14.5 Å². The van der Waals surface area contributed by atoms with E-state index in [9.17, 15) is 14.4 Å². The molecule has 1 saturated heterocycles. The molecule has 1 aromatic carbocycles. The van der Waals surface area contributed by atoms with E-state index in [1.807, 2.05) is 20.8 Å². The summed E-state index contributed by atoms with van der Waals surface area (Å²) in [6, 6.07) is 8.32. The normalized spacial score (nSPS) is 17.9. The average molecular weight is 378 g/mol. The number of amides is 1. The van der Waals surface area contributed by atoms with Gasteiger partial charge in [-0.3, -0.25) is 0 Å². The van der Waals surface area contributed by atoms with Gasteiger partial charge in [-0.1, -0.05) is 12.1 Å². The number of nitrogens with zero attached hydrogens (tertiary/aromatic N) is 2. The standard InChI is InChI=1S/C20H27FN2O4/c1-5-25-27-17(14-22)20(15-7-6-8-16(21)13-15)9-11-23(12-10-20)18(24)26-19(2,3)4/h6-8,13,17H,5,9-12H2,1-4H3. The third kappa shape index (κ3) is 5.18. The molecule has 1 aromatic rings. The minimum absolute atomic E-state index is 0.293. The lowest BCUT2D eigenvalue weighted by atomic mass is 9.69. The van der Waals surface area contributed by atoms with Crippen LogP contribution in [0.4, 0.5) is 9.18 Å². The van der Waals surface area contributed by atoms with Crippen LogP contribution in [0.25, 0.3) is 0 Å². The quantitative estimate of drug-likeness (QED) is 0.573. The van der Waals surface area contributed by atoms with Crippen molar-refractivity contribution in [1.29, 1.82) is 5.26 Å². The molecule has 0 bridgehead atoms. The molecule has 6 nitrogen and oxygen atoms in total. The van der Waals surface area contributed by atoms with E-state index in [1.165, 1.54) is 12.1 Å². The Kier molecular flexibility index (Phi) is 6.79. The third-order valence-electron chi connectivity index (χ3n) is 4.61. The Labute approximate surface area is 159 Å². The van der Waals surface area contributed by atoms with Crippen LogP contribution < -0.4 is 0 Å². The van der Waals surface area contributed by atoms with Gasteiger partial charge >= 0.3 is 6.09 Å². The van der Waals surface area contributed by atoms with Gasteiger partial charge in [0.05, 0.1) is 12.7 Å². The molecule has 1 heterocycles. The number of nitriles is 1. The van der Waals surface area contributed by atoms with Gasteiger partial charge in [0.25, 0.3) is 0 Å². The van der Waals surface area contributed by atoms with E-state index in [2.05, 4.69) is 6.07 Å². The maximum atomic E-state index is 13.9. The van der Waals surface area contributed by atoms with Crippen molar-refractivity contribution in [3.8, 4) is 6.07 Å². The number of hydrogen-bond donors (Lipinski definition) is 0. The summed E-state index contributed by atoms with van der Waals surface area (Å²) in [5, 5.41) is 9.67. The SMILES string of the molecule is CCOOC(C#N)C1(c2cccc(F)c2)CCN(C(=O)OC(C)(C)C)CC1. The zero-order valence-electron chi connectivity index (χ0n) is 16.3. The highest BCUT2D eigenvalue weighted by atomic mass is 19.1. The first-order chi connectivity index (χ1) is 12.7. The second-order valence-corrected chi connectivity index (χ2v) is 7.65. The molecule has 1 atom stereocenters. The molecule has 0 aliphatic carbocycles. The van der Waals surface area contributed by atoms with Gasteiger partial charge < -0.3 is 9.64 Å². The molecule has 0 spiro atoms. The van der Waals surface area contributed by atoms with Crippen LogP contribution in [0.1, 0.15) is 46.1 Å². The molecular formula is C20H27FN2O4. The first kappa shape index (κ1) is 21.1. The van der Waals surface area contributed by atoms with Gasteiger partial charge in [0, 0.05) is 18.5 Å². The molecule has 1 aliphatic heterocycles. The predicted molar refractivity (Wildman–Crippen MR) is 97.2 cm³/mol. The zero-order valence-corrected chi connectivity index (χ0v) is 16.3. The predicted octanol–water partition coefficient (Wildman–Crippen LogP) is 3.95. The summed E-state index contributed by atoms with van der Waals surface area (Å²) >= 11 is 0. The summed E-state index contributed by atoms with van der Waals surface area (Å²) in [5.41, 5.74) is -0.691. The Morgan fingerprint density at radius 2 is 2.04 bits per heavy atom. The highest BCUT2D eigenvalue weighted by Gasteiger charge is 2.46. The largest absolute Gasteiger partial charge is 0.444 e. The fourth-order valence-corrected chi connectivity index (χ4v) is 3.29. The second-order valence-electron chi connectivity index (χ2n) is 7.65. The summed E-state index contributed by atoms with van der Waals surface area (Å²) in [7, 11) is 0. The molecule has 1 fully saturated rings. The maximum absolute atomic E-state index is 13.9. The van der Waals surface area contributed by atoms with Crippen molar-refractivity contribution in [2.75, 3.05) is 19.7 Å². The minimum Gasteiger partial charge on any atom is -0.444 e. The van der Waals surface area contributed by atoms with Crippen LogP contribution in [-0.2, 0) is 19.9 Å². The van der Waals surface area contributed by atoms with Gasteiger partial charge in [0.2, 0.25) is 0 Å². The summed E-state index contributed by atoms with van der Waals surface area (Å²) in [5.74, 6) is -0.380. The van der Waals surface area contributed by atoms with E-state index in [0.29, 0.717) is 38.1 Å². The van der Waals surface area contributed by atoms with Crippen molar-refractivity contribution in [1.82, 2.24) is 4.90 Å². The molecule has 1 aliphatic rings. The topological polar surface area (TPSA) is 71.8 Å². The van der Waals surface area contributed by atoms with Crippen LogP contribution in [-0.4, -0.2) is 42.4 Å². The molecule has 7 heteroatoms. The lowest BCUT2D eigenvalue weighted by Crippen LogP contribution is -2.52. The van der Waals surface area contributed by atoms with Crippen molar-refractivity contribution >= 4 is 6.09 Å².